The first-order valence-electron chi connectivity index (χ1n) is 13.1. The van der Waals surface area contributed by atoms with Gasteiger partial charge in [0.2, 0.25) is 0 Å². The number of cyclic esters (lactones) is 1. The molecule has 0 aromatic heterocycles. The van der Waals surface area contributed by atoms with Gasteiger partial charge in [0.05, 0.1) is 30.3 Å². The molecule has 8 nitrogen and oxygen atoms in total. The normalized spacial score (nSPS) is 38.9. The Hall–Kier alpha value is -1.55. The van der Waals surface area contributed by atoms with Crippen molar-refractivity contribution in [3.8, 4) is 0 Å². The Morgan fingerprint density at radius 3 is 2.64 bits per heavy atom. The predicted molar refractivity (Wildman–Crippen MR) is 137 cm³/mol. The average Bonchev–Trinajstić information content (AvgIpc) is 3.57. The van der Waals surface area contributed by atoms with Crippen LogP contribution in [0.3, 0.4) is 0 Å². The Kier molecular flexibility index (Phi) is 10.9. The van der Waals surface area contributed by atoms with Gasteiger partial charge in [-0.1, -0.05) is 51.2 Å². The monoisotopic (exact) mass is 510 g/mol. The minimum absolute atomic E-state index is 0.113. The Labute approximate surface area is 215 Å². The van der Waals surface area contributed by atoms with E-state index in [2.05, 4.69) is 0 Å². The topological polar surface area (TPSA) is 140 Å². The Bertz CT molecular complexity index is 814. The van der Waals surface area contributed by atoms with Crippen LogP contribution in [0.1, 0.15) is 73.6 Å². The summed E-state index contributed by atoms with van der Waals surface area (Å²) in [4.78, 5) is 12.5. The summed E-state index contributed by atoms with van der Waals surface area (Å²) in [6, 6.07) is 0. The molecule has 2 heterocycles. The number of hydrogen-bond acceptors (Lipinski definition) is 8. The lowest BCUT2D eigenvalue weighted by atomic mass is 9.89. The zero-order chi connectivity index (χ0) is 27.3. The van der Waals surface area contributed by atoms with Crippen LogP contribution in [0.2, 0.25) is 0 Å². The molecular weight excluding hydrogens is 464 g/mol. The number of ether oxygens (including phenoxy) is 2. The number of carbonyl (C=O) groups excluding carboxylic acids is 1. The van der Waals surface area contributed by atoms with Gasteiger partial charge in [-0.15, -0.1) is 0 Å². The van der Waals surface area contributed by atoms with E-state index in [0.29, 0.717) is 12.8 Å². The Balaban J connectivity index is 2.06. The van der Waals surface area contributed by atoms with Gasteiger partial charge in [0.25, 0.3) is 0 Å². The van der Waals surface area contributed by atoms with Gasteiger partial charge in [-0.05, 0) is 57.9 Å². The van der Waals surface area contributed by atoms with Crippen molar-refractivity contribution in [2.75, 3.05) is 0 Å². The van der Waals surface area contributed by atoms with Crippen molar-refractivity contribution in [3.05, 3.63) is 36.0 Å². The lowest BCUT2D eigenvalue weighted by Gasteiger charge is -2.30. The third-order valence-corrected chi connectivity index (χ3v) is 7.43. The van der Waals surface area contributed by atoms with Crippen LogP contribution < -0.4 is 0 Å². The molecule has 5 N–H and O–H groups in total. The van der Waals surface area contributed by atoms with Crippen LogP contribution in [0.5, 0.6) is 0 Å². The SMILES string of the molecule is CC[C@@H](O)[C@@](C)(O)[C@@H]1O[C@@H]1C[C@H](C)/C=C/C=C(\C)[C@@H]1OC(=O)C[C@H](O)CC[C@](C)(O)[C@H](O)/C=C\[C@H]1C. The van der Waals surface area contributed by atoms with Crippen LogP contribution in [-0.2, 0) is 14.3 Å². The molecule has 2 aliphatic rings. The van der Waals surface area contributed by atoms with Gasteiger partial charge in [-0.25, -0.2) is 0 Å². The number of aliphatic hydroxyl groups is 5. The van der Waals surface area contributed by atoms with Gasteiger partial charge in [-0.3, -0.25) is 4.79 Å². The number of aliphatic hydroxyl groups excluding tert-OH is 3. The second-order valence-corrected chi connectivity index (χ2v) is 11.1. The summed E-state index contributed by atoms with van der Waals surface area (Å²) in [6.45, 7) is 10.7. The third-order valence-electron chi connectivity index (χ3n) is 7.43. The molecule has 36 heavy (non-hydrogen) atoms. The summed E-state index contributed by atoms with van der Waals surface area (Å²) < 4.78 is 11.3. The molecule has 1 fully saturated rings. The lowest BCUT2D eigenvalue weighted by Crippen LogP contribution is -2.45. The first-order valence-corrected chi connectivity index (χ1v) is 13.1. The summed E-state index contributed by atoms with van der Waals surface area (Å²) >= 11 is 0. The Morgan fingerprint density at radius 2 is 2.00 bits per heavy atom. The van der Waals surface area contributed by atoms with E-state index >= 15 is 0 Å². The maximum absolute atomic E-state index is 12.5. The molecule has 0 amide bonds. The van der Waals surface area contributed by atoms with Gasteiger partial charge >= 0.3 is 5.97 Å². The maximum Gasteiger partial charge on any atom is 0.309 e. The van der Waals surface area contributed by atoms with Gasteiger partial charge in [0.15, 0.2) is 0 Å². The maximum atomic E-state index is 12.5. The molecule has 0 aromatic carbocycles. The van der Waals surface area contributed by atoms with Gasteiger partial charge < -0.3 is 35.0 Å². The van der Waals surface area contributed by atoms with E-state index in [4.69, 9.17) is 9.47 Å². The van der Waals surface area contributed by atoms with Crippen molar-refractivity contribution in [3.63, 3.8) is 0 Å². The van der Waals surface area contributed by atoms with Crippen molar-refractivity contribution in [2.24, 2.45) is 11.8 Å². The van der Waals surface area contributed by atoms with Gasteiger partial charge in [-0.2, -0.15) is 0 Å². The third kappa shape index (κ3) is 8.50. The smallest absolute Gasteiger partial charge is 0.309 e. The standard InChI is InChI=1S/C28H46O8/c1-7-22(30)28(6,34)26-21(35-26)15-17(2)9-8-10-18(3)25-19(4)11-12-23(31)27(5,33)14-13-20(29)16-24(32)36-25/h8-12,17,19-23,25-26,29-31,33-34H,7,13-16H2,1-6H3/b9-8+,12-11-,18-10+/t17-,19-,20-,21-,22-,23-,25+,26-,27+,28-/m1/s1. The molecule has 0 aromatic rings. The molecule has 0 spiro atoms. The highest BCUT2D eigenvalue weighted by atomic mass is 16.6. The van der Waals surface area contributed by atoms with Crippen molar-refractivity contribution in [1.29, 1.82) is 0 Å². The lowest BCUT2D eigenvalue weighted by molar-refractivity contribution is -0.151. The zero-order valence-electron chi connectivity index (χ0n) is 22.5. The highest BCUT2D eigenvalue weighted by Gasteiger charge is 2.54. The molecule has 1 saturated heterocycles. The summed E-state index contributed by atoms with van der Waals surface area (Å²) in [5.74, 6) is -0.634. The second-order valence-electron chi connectivity index (χ2n) is 11.1. The minimum Gasteiger partial charge on any atom is -0.457 e. The number of esters is 1. The number of rotatable bonds is 8. The highest BCUT2D eigenvalue weighted by Crippen LogP contribution is 2.39. The van der Waals surface area contributed by atoms with E-state index < -0.39 is 41.6 Å². The minimum atomic E-state index is -1.41. The van der Waals surface area contributed by atoms with E-state index in [1.165, 1.54) is 13.0 Å². The predicted octanol–water partition coefficient (Wildman–Crippen LogP) is 2.57. The molecule has 2 rings (SSSR count). The molecule has 0 unspecified atom stereocenters. The average molecular weight is 511 g/mol. The quantitative estimate of drug-likeness (QED) is 0.145. The fourth-order valence-electron chi connectivity index (χ4n) is 4.67. The van der Waals surface area contributed by atoms with E-state index in [9.17, 15) is 30.3 Å². The van der Waals surface area contributed by atoms with Crippen LogP contribution >= 0.6 is 0 Å². The summed E-state index contributed by atoms with van der Waals surface area (Å²) in [5.41, 5.74) is -1.88. The fourth-order valence-corrected chi connectivity index (χ4v) is 4.67. The van der Waals surface area contributed by atoms with E-state index in [0.717, 1.165) is 5.57 Å². The number of carbonyl (C=O) groups is 1. The molecule has 206 valence electrons. The largest absolute Gasteiger partial charge is 0.457 e. The summed E-state index contributed by atoms with van der Waals surface area (Å²) in [6.07, 6.45) is 6.32. The van der Waals surface area contributed by atoms with Crippen molar-refractivity contribution < 1.29 is 39.8 Å². The first kappa shape index (κ1) is 30.7. The molecule has 2 aliphatic heterocycles. The fraction of sp³-hybridized carbons (Fsp3) is 0.750. The summed E-state index contributed by atoms with van der Waals surface area (Å²) in [7, 11) is 0. The highest BCUT2D eigenvalue weighted by molar-refractivity contribution is 5.70. The molecular formula is C28H46O8. The van der Waals surface area contributed by atoms with Crippen LogP contribution in [-0.4, -0.2) is 79.3 Å². The van der Waals surface area contributed by atoms with Crippen molar-refractivity contribution in [2.45, 2.75) is 121 Å². The molecule has 0 aliphatic carbocycles. The molecule has 10 atom stereocenters. The second kappa shape index (κ2) is 12.8. The zero-order valence-corrected chi connectivity index (χ0v) is 22.5. The van der Waals surface area contributed by atoms with E-state index in [-0.39, 0.29) is 43.3 Å². The van der Waals surface area contributed by atoms with Crippen molar-refractivity contribution in [1.82, 2.24) is 0 Å². The first-order chi connectivity index (χ1) is 16.7. The van der Waals surface area contributed by atoms with E-state index in [1.807, 2.05) is 45.9 Å². The van der Waals surface area contributed by atoms with Gasteiger partial charge in [0.1, 0.15) is 23.9 Å². The molecule has 0 saturated carbocycles. The molecule has 8 heteroatoms. The molecule has 0 bridgehead atoms. The van der Waals surface area contributed by atoms with Crippen LogP contribution in [0, 0.1) is 11.8 Å². The van der Waals surface area contributed by atoms with Crippen molar-refractivity contribution >= 4 is 5.97 Å². The number of epoxide rings is 1. The number of hydrogen-bond donors (Lipinski definition) is 5. The van der Waals surface area contributed by atoms with Crippen LogP contribution in [0.25, 0.3) is 0 Å². The van der Waals surface area contributed by atoms with Gasteiger partial charge in [0, 0.05) is 5.92 Å². The van der Waals surface area contributed by atoms with Crippen LogP contribution in [0.4, 0.5) is 0 Å². The van der Waals surface area contributed by atoms with E-state index in [1.54, 1.807) is 13.0 Å². The number of allylic oxidation sites excluding steroid dienone is 3. The Morgan fingerprint density at radius 1 is 1.33 bits per heavy atom. The molecule has 0 radical (unpaired) electrons. The summed E-state index contributed by atoms with van der Waals surface area (Å²) in [5, 5.41) is 51.7. The van der Waals surface area contributed by atoms with Crippen LogP contribution in [0.15, 0.2) is 36.0 Å².